The van der Waals surface area contributed by atoms with E-state index < -0.39 is 0 Å². The molecule has 2 heterocycles. The average molecular weight is 485 g/mol. The monoisotopic (exact) mass is 485 g/mol. The van der Waals surface area contributed by atoms with Crippen molar-refractivity contribution in [2.45, 2.75) is 31.7 Å². The first-order valence-electron chi connectivity index (χ1n) is 8.71. The van der Waals surface area contributed by atoms with Crippen molar-refractivity contribution in [3.8, 4) is 0 Å². The second-order valence-corrected chi connectivity index (χ2v) is 8.70. The summed E-state index contributed by atoms with van der Waals surface area (Å²) in [6.07, 6.45) is 3.81. The summed E-state index contributed by atoms with van der Waals surface area (Å²) in [7, 11) is 1.87. The van der Waals surface area contributed by atoms with Gasteiger partial charge in [-0.15, -0.1) is 24.0 Å². The SMILES string of the molecule is CN=C(NCc1ccccc1Cn1cccn1)N1CCSC(C)(C)C1.I. The zero-order valence-corrected chi connectivity index (χ0v) is 18.8. The molecule has 5 nitrogen and oxygen atoms in total. The molecule has 1 fully saturated rings. The van der Waals surface area contributed by atoms with Gasteiger partial charge in [0.2, 0.25) is 0 Å². The van der Waals surface area contributed by atoms with Crippen molar-refractivity contribution >= 4 is 41.7 Å². The van der Waals surface area contributed by atoms with Crippen molar-refractivity contribution in [1.29, 1.82) is 0 Å². The third-order valence-corrected chi connectivity index (χ3v) is 5.68. The fraction of sp³-hybridized carbons (Fsp3) is 0.474. The third-order valence-electron chi connectivity index (χ3n) is 4.38. The molecule has 0 aliphatic carbocycles. The Hall–Kier alpha value is -1.22. The lowest BCUT2D eigenvalue weighted by Gasteiger charge is -2.39. The molecular formula is C19H28IN5S. The first-order chi connectivity index (χ1) is 12.1. The van der Waals surface area contributed by atoms with Crippen LogP contribution >= 0.6 is 35.7 Å². The van der Waals surface area contributed by atoms with Gasteiger partial charge in [0, 0.05) is 49.6 Å². The Bertz CT molecular complexity index is 714. The van der Waals surface area contributed by atoms with E-state index >= 15 is 0 Å². The van der Waals surface area contributed by atoms with E-state index in [0.717, 1.165) is 37.9 Å². The van der Waals surface area contributed by atoms with Crippen LogP contribution in [0.5, 0.6) is 0 Å². The zero-order chi connectivity index (χ0) is 17.7. The van der Waals surface area contributed by atoms with Gasteiger partial charge in [0.15, 0.2) is 5.96 Å². The first kappa shape index (κ1) is 21.1. The van der Waals surface area contributed by atoms with Gasteiger partial charge in [-0.05, 0) is 31.0 Å². The average Bonchev–Trinajstić information content (AvgIpc) is 3.09. The Labute approximate surface area is 177 Å². The van der Waals surface area contributed by atoms with Gasteiger partial charge >= 0.3 is 0 Å². The lowest BCUT2D eigenvalue weighted by Crippen LogP contribution is -2.50. The molecule has 0 spiro atoms. The maximum absolute atomic E-state index is 4.50. The van der Waals surface area contributed by atoms with Crippen LogP contribution < -0.4 is 5.32 Å². The standard InChI is InChI=1S/C19H27N5S.HI/c1-19(2)15-23(11-12-25-19)18(20-3)21-13-16-7-4-5-8-17(16)14-24-10-6-9-22-24;/h4-10H,11-15H2,1-3H3,(H,20,21);1H. The van der Waals surface area contributed by atoms with Crippen LogP contribution in [0.25, 0.3) is 0 Å². The number of aliphatic imine (C=N–C) groups is 1. The minimum Gasteiger partial charge on any atom is -0.352 e. The molecule has 1 N–H and O–H groups in total. The second-order valence-electron chi connectivity index (χ2n) is 6.90. The van der Waals surface area contributed by atoms with Gasteiger partial charge in [-0.2, -0.15) is 16.9 Å². The molecule has 0 radical (unpaired) electrons. The molecule has 0 unspecified atom stereocenters. The Balaban J connectivity index is 0.00000243. The predicted molar refractivity (Wildman–Crippen MR) is 121 cm³/mol. The van der Waals surface area contributed by atoms with E-state index in [1.165, 1.54) is 11.1 Å². The number of thioether (sulfide) groups is 1. The molecule has 0 amide bonds. The van der Waals surface area contributed by atoms with Crippen molar-refractivity contribution in [2.75, 3.05) is 25.9 Å². The molecule has 1 saturated heterocycles. The second kappa shape index (κ2) is 9.64. The van der Waals surface area contributed by atoms with Crippen LogP contribution in [0.15, 0.2) is 47.7 Å². The fourth-order valence-electron chi connectivity index (χ4n) is 3.16. The van der Waals surface area contributed by atoms with Crippen molar-refractivity contribution < 1.29 is 0 Å². The summed E-state index contributed by atoms with van der Waals surface area (Å²) in [5.74, 6) is 2.13. The summed E-state index contributed by atoms with van der Waals surface area (Å²) < 4.78 is 2.23. The summed E-state index contributed by atoms with van der Waals surface area (Å²) in [5.41, 5.74) is 2.56. The Morgan fingerprint density at radius 1 is 1.27 bits per heavy atom. The third kappa shape index (κ3) is 5.64. The number of benzene rings is 1. The molecule has 1 aromatic carbocycles. The lowest BCUT2D eigenvalue weighted by atomic mass is 10.1. The molecule has 7 heteroatoms. The van der Waals surface area contributed by atoms with Crippen LogP contribution in [0.4, 0.5) is 0 Å². The van der Waals surface area contributed by atoms with E-state index in [1.54, 1.807) is 0 Å². The van der Waals surface area contributed by atoms with Gasteiger partial charge in [-0.1, -0.05) is 24.3 Å². The highest BCUT2D eigenvalue weighted by Gasteiger charge is 2.28. The zero-order valence-electron chi connectivity index (χ0n) is 15.7. The van der Waals surface area contributed by atoms with Gasteiger partial charge in [-0.3, -0.25) is 9.67 Å². The lowest BCUT2D eigenvalue weighted by molar-refractivity contribution is 0.375. The molecule has 26 heavy (non-hydrogen) atoms. The molecule has 3 rings (SSSR count). The Morgan fingerprint density at radius 3 is 2.69 bits per heavy atom. The molecule has 142 valence electrons. The van der Waals surface area contributed by atoms with Crippen LogP contribution in [0.1, 0.15) is 25.0 Å². The summed E-state index contributed by atoms with van der Waals surface area (Å²) in [4.78, 5) is 6.87. The van der Waals surface area contributed by atoms with E-state index in [9.17, 15) is 0 Å². The topological polar surface area (TPSA) is 45.5 Å². The first-order valence-corrected chi connectivity index (χ1v) is 9.70. The van der Waals surface area contributed by atoms with Crippen molar-refractivity contribution in [3.63, 3.8) is 0 Å². The Morgan fingerprint density at radius 2 is 2.04 bits per heavy atom. The number of nitrogens with zero attached hydrogens (tertiary/aromatic N) is 4. The number of hydrogen-bond acceptors (Lipinski definition) is 3. The van der Waals surface area contributed by atoms with Gasteiger partial charge in [0.1, 0.15) is 0 Å². The quantitative estimate of drug-likeness (QED) is 0.410. The summed E-state index contributed by atoms with van der Waals surface area (Å²) in [5, 5.41) is 7.87. The highest BCUT2D eigenvalue weighted by atomic mass is 127. The number of halogens is 1. The van der Waals surface area contributed by atoms with Crippen LogP contribution in [0, 0.1) is 0 Å². The molecule has 1 aromatic heterocycles. The van der Waals surface area contributed by atoms with E-state index in [0.29, 0.717) is 0 Å². The van der Waals surface area contributed by atoms with E-state index in [-0.39, 0.29) is 28.7 Å². The fourth-order valence-corrected chi connectivity index (χ4v) is 4.27. The number of nitrogens with one attached hydrogen (secondary N) is 1. The number of aromatic nitrogens is 2. The van der Waals surface area contributed by atoms with Gasteiger partial charge in [0.25, 0.3) is 0 Å². The normalized spacial score (nSPS) is 16.9. The molecule has 0 atom stereocenters. The van der Waals surface area contributed by atoms with E-state index in [1.807, 2.05) is 42.0 Å². The summed E-state index contributed by atoms with van der Waals surface area (Å²) >= 11 is 2.04. The minimum absolute atomic E-state index is 0. The molecule has 2 aromatic rings. The highest BCUT2D eigenvalue weighted by molar-refractivity contribution is 14.0. The summed E-state index contributed by atoms with van der Waals surface area (Å²) in [6, 6.07) is 10.5. The van der Waals surface area contributed by atoms with Gasteiger partial charge < -0.3 is 10.2 Å². The maximum atomic E-state index is 4.50. The van der Waals surface area contributed by atoms with Crippen molar-refractivity contribution in [2.24, 2.45) is 4.99 Å². The molecule has 0 bridgehead atoms. The van der Waals surface area contributed by atoms with E-state index in [4.69, 9.17) is 0 Å². The number of rotatable bonds is 4. The number of hydrogen-bond donors (Lipinski definition) is 1. The largest absolute Gasteiger partial charge is 0.352 e. The van der Waals surface area contributed by atoms with Gasteiger partial charge in [0.05, 0.1) is 6.54 Å². The Kier molecular flexibility index (Phi) is 7.82. The molecule has 1 aliphatic rings. The smallest absolute Gasteiger partial charge is 0.193 e. The van der Waals surface area contributed by atoms with Crippen LogP contribution in [-0.2, 0) is 13.1 Å². The minimum atomic E-state index is 0. The van der Waals surface area contributed by atoms with Gasteiger partial charge in [-0.25, -0.2) is 0 Å². The highest BCUT2D eigenvalue weighted by Crippen LogP contribution is 2.29. The maximum Gasteiger partial charge on any atom is 0.193 e. The van der Waals surface area contributed by atoms with Crippen LogP contribution in [-0.4, -0.2) is 51.3 Å². The van der Waals surface area contributed by atoms with Crippen molar-refractivity contribution in [3.05, 3.63) is 53.9 Å². The van der Waals surface area contributed by atoms with E-state index in [2.05, 4.69) is 58.4 Å². The molecule has 1 aliphatic heterocycles. The van der Waals surface area contributed by atoms with Crippen LogP contribution in [0.3, 0.4) is 0 Å². The van der Waals surface area contributed by atoms with Crippen molar-refractivity contribution in [1.82, 2.24) is 20.0 Å². The molecular weight excluding hydrogens is 457 g/mol. The number of guanidine groups is 1. The van der Waals surface area contributed by atoms with Crippen LogP contribution in [0.2, 0.25) is 0 Å². The summed E-state index contributed by atoms with van der Waals surface area (Å²) in [6.45, 7) is 8.23. The molecule has 0 saturated carbocycles. The predicted octanol–water partition coefficient (Wildman–Crippen LogP) is 3.45.